The molecule has 6 nitrogen and oxygen atoms in total. The number of benzene rings is 8. The van der Waals surface area contributed by atoms with Crippen molar-refractivity contribution >= 4 is 132 Å². The third-order valence-corrected chi connectivity index (χ3v) is 13.4. The Balaban J connectivity index is 1.05. The summed E-state index contributed by atoms with van der Waals surface area (Å²) >= 11 is 0. The van der Waals surface area contributed by atoms with Crippen LogP contribution in [0.1, 0.15) is 0 Å². The lowest BCUT2D eigenvalue weighted by molar-refractivity contribution is 0.669. The summed E-state index contributed by atoms with van der Waals surface area (Å²) in [5.74, 6) is 1.82. The number of hydrogen-bond acceptors (Lipinski definition) is 4. The van der Waals surface area contributed by atoms with Gasteiger partial charge in [0.25, 0.3) is 0 Å². The van der Waals surface area contributed by atoms with Gasteiger partial charge >= 0.3 is 0 Å². The van der Waals surface area contributed by atoms with Gasteiger partial charge in [-0.15, -0.1) is 16.4 Å². The number of para-hydroxylation sites is 3. The van der Waals surface area contributed by atoms with Crippen LogP contribution in [0.3, 0.4) is 0 Å². The van der Waals surface area contributed by atoms with Gasteiger partial charge in [-0.2, -0.15) is 9.97 Å². The molecule has 0 aliphatic heterocycles. The predicted octanol–water partition coefficient (Wildman–Crippen LogP) is 4.26. The van der Waals surface area contributed by atoms with E-state index < -0.39 is 0 Å². The maximum atomic E-state index is 6.67. The van der Waals surface area contributed by atoms with Gasteiger partial charge in [-0.3, -0.25) is 4.57 Å². The average Bonchev–Trinajstić information content (AvgIpc) is 3.97. The standard InChI is InChI=1S/C51H36B5N5O/c52-44-43(45(53)47(55)48(56)46(44)54)50-57-49(58-51(59-50)61-38-16-8-5-12-31(38)32-13-6-9-17-39(32)61)29-19-22-35-36-26-30(20-23-41(36)62-42(35)25-29)60-37-15-7-4-14-33(37)34-21-18-28(24-40(34)60)27-10-2-1-3-11-27/h1-26H,52-56H2. The summed E-state index contributed by atoms with van der Waals surface area (Å²) in [7, 11) is 11.0. The zero-order valence-corrected chi connectivity index (χ0v) is 35.2. The SMILES string of the molecule is Bc1c(B)c(B)c(-c2nc(-c3ccc4c(c3)oc3ccc(-n5c6ccccc6c6ccc(-c7ccccc7)cc65)cc34)nc(-n3c4ccccc4c4ccccc43)n2)c(B)c1B. The summed E-state index contributed by atoms with van der Waals surface area (Å²) in [6, 6.07) is 55.9. The Kier molecular flexibility index (Phi) is 8.07. The highest BCUT2D eigenvalue weighted by Gasteiger charge is 2.22. The van der Waals surface area contributed by atoms with E-state index in [4.69, 9.17) is 19.4 Å². The van der Waals surface area contributed by atoms with Crippen LogP contribution < -0.4 is 27.3 Å². The molecule has 4 aromatic heterocycles. The molecular formula is C51H36B5N5O. The van der Waals surface area contributed by atoms with E-state index in [1.807, 2.05) is 0 Å². The Morgan fingerprint density at radius 1 is 0.355 bits per heavy atom. The van der Waals surface area contributed by atoms with E-state index in [9.17, 15) is 0 Å². The molecule has 0 amide bonds. The van der Waals surface area contributed by atoms with Crippen LogP contribution >= 0.6 is 0 Å². The normalized spacial score (nSPS) is 11.9. The molecule has 8 aromatic carbocycles. The smallest absolute Gasteiger partial charge is 0.238 e. The van der Waals surface area contributed by atoms with Crippen LogP contribution in [0.5, 0.6) is 0 Å². The van der Waals surface area contributed by atoms with Gasteiger partial charge in [-0.25, -0.2) is 4.98 Å². The molecule has 0 aliphatic rings. The van der Waals surface area contributed by atoms with E-state index in [1.54, 1.807) is 0 Å². The quantitative estimate of drug-likeness (QED) is 0.245. The molecule has 0 saturated carbocycles. The van der Waals surface area contributed by atoms with Crippen molar-refractivity contribution in [3.05, 3.63) is 158 Å². The summed E-state index contributed by atoms with van der Waals surface area (Å²) in [6.45, 7) is 0. The van der Waals surface area contributed by atoms with Crippen molar-refractivity contribution in [1.29, 1.82) is 0 Å². The van der Waals surface area contributed by atoms with E-state index in [1.165, 1.54) is 49.2 Å². The summed E-state index contributed by atoms with van der Waals surface area (Å²) in [5.41, 5.74) is 17.5. The number of nitrogens with zero attached hydrogens (tertiary/aromatic N) is 5. The minimum Gasteiger partial charge on any atom is -0.456 e. The fourth-order valence-electron chi connectivity index (χ4n) is 9.78. The highest BCUT2D eigenvalue weighted by Crippen LogP contribution is 2.38. The van der Waals surface area contributed by atoms with Gasteiger partial charge in [-0.1, -0.05) is 114 Å². The van der Waals surface area contributed by atoms with Crippen LogP contribution in [0.4, 0.5) is 0 Å². The maximum absolute atomic E-state index is 6.67. The second kappa shape index (κ2) is 13.8. The molecular weight excluding hydrogens is 753 g/mol. The molecule has 0 saturated heterocycles. The molecule has 0 spiro atoms. The van der Waals surface area contributed by atoms with Crippen LogP contribution in [0, 0.1) is 0 Å². The Morgan fingerprint density at radius 3 is 1.58 bits per heavy atom. The molecule has 0 atom stereocenters. The van der Waals surface area contributed by atoms with Crippen molar-refractivity contribution < 1.29 is 4.42 Å². The van der Waals surface area contributed by atoms with Crippen molar-refractivity contribution in [1.82, 2.24) is 24.1 Å². The van der Waals surface area contributed by atoms with E-state index in [0.29, 0.717) is 17.6 Å². The molecule has 12 rings (SSSR count). The molecule has 11 heteroatoms. The van der Waals surface area contributed by atoms with Crippen molar-refractivity contribution in [2.75, 3.05) is 0 Å². The predicted molar refractivity (Wildman–Crippen MR) is 273 cm³/mol. The molecule has 4 heterocycles. The fourth-order valence-corrected chi connectivity index (χ4v) is 9.78. The Morgan fingerprint density at radius 2 is 0.903 bits per heavy atom. The fraction of sp³-hybridized carbons (Fsp3) is 0. The average molecular weight is 789 g/mol. The number of rotatable bonds is 5. The molecule has 0 radical (unpaired) electrons. The van der Waals surface area contributed by atoms with Crippen LogP contribution in [0.2, 0.25) is 0 Å². The highest BCUT2D eigenvalue weighted by atomic mass is 16.3. The van der Waals surface area contributed by atoms with Crippen LogP contribution in [0.25, 0.3) is 111 Å². The van der Waals surface area contributed by atoms with Crippen LogP contribution in [0.15, 0.2) is 162 Å². The van der Waals surface area contributed by atoms with E-state index in [2.05, 4.69) is 206 Å². The third kappa shape index (κ3) is 5.40. The molecule has 0 fully saturated rings. The van der Waals surface area contributed by atoms with E-state index in [0.717, 1.165) is 71.6 Å². The lowest BCUT2D eigenvalue weighted by Crippen LogP contribution is -2.55. The van der Waals surface area contributed by atoms with Gasteiger partial charge in [0.05, 0.1) is 22.1 Å². The second-order valence-electron chi connectivity index (χ2n) is 16.6. The van der Waals surface area contributed by atoms with Crippen LogP contribution in [-0.4, -0.2) is 63.3 Å². The van der Waals surface area contributed by atoms with Gasteiger partial charge < -0.3 is 8.98 Å². The molecule has 12 aromatic rings. The van der Waals surface area contributed by atoms with Crippen molar-refractivity contribution in [2.45, 2.75) is 0 Å². The lowest BCUT2D eigenvalue weighted by Gasteiger charge is -2.20. The number of hydrogen-bond donors (Lipinski definition) is 0. The summed E-state index contributed by atoms with van der Waals surface area (Å²) in [5, 5.41) is 6.84. The minimum atomic E-state index is 0.577. The third-order valence-electron chi connectivity index (χ3n) is 13.4. The molecule has 0 aliphatic carbocycles. The van der Waals surface area contributed by atoms with Gasteiger partial charge in [0.15, 0.2) is 11.6 Å². The highest BCUT2D eigenvalue weighted by molar-refractivity contribution is 6.68. The summed E-state index contributed by atoms with van der Waals surface area (Å²) in [4.78, 5) is 15.9. The first-order valence-electron chi connectivity index (χ1n) is 21.2. The first-order chi connectivity index (χ1) is 30.3. The molecule has 0 unspecified atom stereocenters. The zero-order valence-electron chi connectivity index (χ0n) is 35.2. The van der Waals surface area contributed by atoms with Crippen molar-refractivity contribution in [2.24, 2.45) is 0 Å². The van der Waals surface area contributed by atoms with E-state index in [-0.39, 0.29) is 0 Å². The van der Waals surface area contributed by atoms with Gasteiger partial charge in [-0.05, 0) is 65.7 Å². The van der Waals surface area contributed by atoms with Crippen molar-refractivity contribution in [3.63, 3.8) is 0 Å². The maximum Gasteiger partial charge on any atom is 0.238 e. The van der Waals surface area contributed by atoms with Gasteiger partial charge in [0, 0.05) is 49.1 Å². The van der Waals surface area contributed by atoms with Gasteiger partial charge in [0.1, 0.15) is 50.4 Å². The summed E-state index contributed by atoms with van der Waals surface area (Å²) in [6.07, 6.45) is 0. The van der Waals surface area contributed by atoms with Gasteiger partial charge in [0.2, 0.25) is 5.95 Å². The number of fused-ring (bicyclic) bond motifs is 9. The first kappa shape index (κ1) is 36.4. The molecule has 0 N–H and O–H groups in total. The lowest BCUT2D eigenvalue weighted by atomic mass is 9.60. The zero-order chi connectivity index (χ0) is 41.8. The first-order valence-corrected chi connectivity index (χ1v) is 21.2. The Bertz CT molecular complexity index is 3750. The number of furan rings is 1. The molecule has 0 bridgehead atoms. The largest absolute Gasteiger partial charge is 0.456 e. The number of aromatic nitrogens is 5. The van der Waals surface area contributed by atoms with Crippen molar-refractivity contribution in [3.8, 4) is 45.5 Å². The molecule has 286 valence electrons. The topological polar surface area (TPSA) is 61.7 Å². The van der Waals surface area contributed by atoms with E-state index >= 15 is 0 Å². The molecule has 62 heavy (non-hydrogen) atoms. The minimum absolute atomic E-state index is 0.577. The monoisotopic (exact) mass is 789 g/mol. The second-order valence-corrected chi connectivity index (χ2v) is 16.6. The summed E-state index contributed by atoms with van der Waals surface area (Å²) < 4.78 is 11.2. The van der Waals surface area contributed by atoms with Crippen LogP contribution in [-0.2, 0) is 0 Å². The Labute approximate surface area is 362 Å². The Hall–Kier alpha value is -7.51.